The molecule has 1 fully saturated rings. The first kappa shape index (κ1) is 19.5. The lowest BCUT2D eigenvalue weighted by Crippen LogP contribution is -2.35. The van der Waals surface area contributed by atoms with E-state index in [2.05, 4.69) is 10.4 Å². The third-order valence-corrected chi connectivity index (χ3v) is 5.03. The Morgan fingerprint density at radius 1 is 1.29 bits per heavy atom. The van der Waals surface area contributed by atoms with Gasteiger partial charge >= 0.3 is 11.7 Å². The van der Waals surface area contributed by atoms with E-state index in [0.717, 1.165) is 12.8 Å². The van der Waals surface area contributed by atoms with Gasteiger partial charge in [-0.05, 0) is 32.3 Å². The molecule has 0 atom stereocenters. The van der Waals surface area contributed by atoms with E-state index in [1.54, 1.807) is 0 Å². The summed E-state index contributed by atoms with van der Waals surface area (Å²) in [7, 11) is 0. The van der Waals surface area contributed by atoms with Crippen LogP contribution < -0.4 is 5.32 Å². The number of hydrogen-bond acceptors (Lipinski definition) is 6. The van der Waals surface area contributed by atoms with Crippen LogP contribution in [0.4, 0.5) is 5.69 Å². The summed E-state index contributed by atoms with van der Waals surface area (Å²) in [4.78, 5) is 34.4. The van der Waals surface area contributed by atoms with E-state index in [4.69, 9.17) is 4.74 Å². The number of aromatic nitrogens is 2. The van der Waals surface area contributed by atoms with E-state index in [1.165, 1.54) is 24.1 Å². The maximum Gasteiger partial charge on any atom is 0.328 e. The number of nitrogens with zero attached hydrogens (tertiary/aromatic N) is 3. The average molecular weight is 386 g/mol. The zero-order chi connectivity index (χ0) is 20.3. The van der Waals surface area contributed by atoms with Crippen LogP contribution in [-0.2, 0) is 26.3 Å². The molecule has 9 nitrogen and oxygen atoms in total. The third-order valence-electron chi connectivity index (χ3n) is 5.03. The molecule has 28 heavy (non-hydrogen) atoms. The molecule has 1 heterocycles. The first-order valence-corrected chi connectivity index (χ1v) is 8.99. The molecule has 0 aliphatic heterocycles. The predicted molar refractivity (Wildman–Crippen MR) is 99.7 cm³/mol. The van der Waals surface area contributed by atoms with Crippen LogP contribution in [0.1, 0.15) is 29.8 Å². The van der Waals surface area contributed by atoms with Crippen LogP contribution in [0.15, 0.2) is 30.3 Å². The molecule has 0 radical (unpaired) electrons. The number of carbonyl (C=O) groups is 2. The summed E-state index contributed by atoms with van der Waals surface area (Å²) in [5.41, 5.74) is 1.54. The number of ether oxygens (including phenoxy) is 1. The van der Waals surface area contributed by atoms with Gasteiger partial charge in [-0.25, -0.2) is 0 Å². The highest BCUT2D eigenvalue weighted by molar-refractivity contribution is 5.80. The SMILES string of the molecule is Cc1nn(CC(=O)OCC(=O)NCC2(c3ccccc3)CC2)c(C)c1[N+](=O)[O-]. The van der Waals surface area contributed by atoms with E-state index in [-0.39, 0.29) is 34.9 Å². The molecule has 3 rings (SSSR count). The third kappa shape index (κ3) is 4.19. The summed E-state index contributed by atoms with van der Waals surface area (Å²) in [6.07, 6.45) is 2.02. The fraction of sp³-hybridized carbons (Fsp3) is 0.421. The van der Waals surface area contributed by atoms with Crippen molar-refractivity contribution in [2.24, 2.45) is 0 Å². The minimum Gasteiger partial charge on any atom is -0.454 e. The molecule has 1 N–H and O–H groups in total. The maximum absolute atomic E-state index is 12.0. The number of nitrogens with one attached hydrogen (secondary N) is 1. The molecule has 1 aromatic carbocycles. The van der Waals surface area contributed by atoms with Gasteiger partial charge in [-0.3, -0.25) is 24.4 Å². The summed E-state index contributed by atoms with van der Waals surface area (Å²) < 4.78 is 6.19. The van der Waals surface area contributed by atoms with E-state index >= 15 is 0 Å². The molecule has 1 aliphatic carbocycles. The number of benzene rings is 1. The lowest BCUT2D eigenvalue weighted by Gasteiger charge is -2.16. The standard InChI is InChI=1S/C19H22N4O5/c1-13-18(23(26)27)14(2)22(21-13)10-17(25)28-11-16(24)20-12-19(8-9-19)15-6-4-3-5-7-15/h3-7H,8-12H2,1-2H3,(H,20,24). The van der Waals surface area contributed by atoms with Crippen molar-refractivity contribution >= 4 is 17.6 Å². The lowest BCUT2D eigenvalue weighted by atomic mass is 9.96. The van der Waals surface area contributed by atoms with Gasteiger partial charge in [-0.2, -0.15) is 5.10 Å². The van der Waals surface area contributed by atoms with Crippen LogP contribution in [0, 0.1) is 24.0 Å². The first-order valence-electron chi connectivity index (χ1n) is 8.99. The Morgan fingerprint density at radius 3 is 2.54 bits per heavy atom. The second-order valence-electron chi connectivity index (χ2n) is 7.02. The van der Waals surface area contributed by atoms with E-state index in [1.807, 2.05) is 30.3 Å². The second kappa shape index (κ2) is 7.79. The minimum absolute atomic E-state index is 0.0242. The zero-order valence-electron chi connectivity index (χ0n) is 15.8. The summed E-state index contributed by atoms with van der Waals surface area (Å²) in [6, 6.07) is 10.00. The first-order chi connectivity index (χ1) is 13.3. The van der Waals surface area contributed by atoms with Crippen molar-refractivity contribution in [1.82, 2.24) is 15.1 Å². The quantitative estimate of drug-likeness (QED) is 0.420. The van der Waals surface area contributed by atoms with Gasteiger partial charge < -0.3 is 10.1 Å². The molecule has 1 amide bonds. The smallest absolute Gasteiger partial charge is 0.328 e. The Morgan fingerprint density at radius 2 is 1.96 bits per heavy atom. The normalized spacial score (nSPS) is 14.4. The molecule has 0 saturated heterocycles. The molecule has 1 aliphatic rings. The molecular weight excluding hydrogens is 364 g/mol. The van der Waals surface area contributed by atoms with Gasteiger partial charge in [-0.15, -0.1) is 0 Å². The monoisotopic (exact) mass is 386 g/mol. The number of aryl methyl sites for hydroxylation is 1. The average Bonchev–Trinajstić information content (AvgIpc) is 3.40. The maximum atomic E-state index is 12.0. The van der Waals surface area contributed by atoms with Crippen molar-refractivity contribution in [3.8, 4) is 0 Å². The molecule has 2 aromatic rings. The van der Waals surface area contributed by atoms with Crippen molar-refractivity contribution in [2.75, 3.05) is 13.2 Å². The van der Waals surface area contributed by atoms with E-state index in [0.29, 0.717) is 6.54 Å². The van der Waals surface area contributed by atoms with E-state index < -0.39 is 17.5 Å². The molecule has 148 valence electrons. The van der Waals surface area contributed by atoms with Crippen LogP contribution >= 0.6 is 0 Å². The number of hydrogen-bond donors (Lipinski definition) is 1. The summed E-state index contributed by atoms with van der Waals surface area (Å²) in [6.45, 7) is 2.82. The number of esters is 1. The number of rotatable bonds is 8. The second-order valence-corrected chi connectivity index (χ2v) is 7.02. The van der Waals surface area contributed by atoms with Crippen LogP contribution in [0.3, 0.4) is 0 Å². The predicted octanol–water partition coefficient (Wildman–Crippen LogP) is 1.80. The Bertz CT molecular complexity index is 903. The Kier molecular flexibility index (Phi) is 5.43. The highest BCUT2D eigenvalue weighted by Crippen LogP contribution is 2.47. The zero-order valence-corrected chi connectivity index (χ0v) is 15.8. The highest BCUT2D eigenvalue weighted by atomic mass is 16.6. The topological polar surface area (TPSA) is 116 Å². The van der Waals surface area contributed by atoms with Crippen LogP contribution in [0.5, 0.6) is 0 Å². The van der Waals surface area contributed by atoms with Crippen molar-refractivity contribution < 1.29 is 19.2 Å². The fourth-order valence-electron chi connectivity index (χ4n) is 3.25. The molecule has 0 unspecified atom stereocenters. The van der Waals surface area contributed by atoms with Gasteiger partial charge in [0.05, 0.1) is 4.92 Å². The van der Waals surface area contributed by atoms with Gasteiger partial charge in [0.1, 0.15) is 17.9 Å². The molecule has 0 spiro atoms. The number of amides is 1. The number of carbonyl (C=O) groups excluding carboxylic acids is 2. The number of nitro groups is 1. The van der Waals surface area contributed by atoms with Crippen molar-refractivity contribution in [3.05, 3.63) is 57.4 Å². The highest BCUT2D eigenvalue weighted by Gasteiger charge is 2.44. The molecular formula is C19H22N4O5. The lowest BCUT2D eigenvalue weighted by molar-refractivity contribution is -0.386. The molecule has 9 heteroatoms. The van der Waals surface area contributed by atoms with E-state index in [9.17, 15) is 19.7 Å². The summed E-state index contributed by atoms with van der Waals surface area (Å²) in [5.74, 6) is -1.06. The fourth-order valence-corrected chi connectivity index (χ4v) is 3.25. The van der Waals surface area contributed by atoms with Crippen LogP contribution in [-0.4, -0.2) is 39.7 Å². The van der Waals surface area contributed by atoms with Crippen molar-refractivity contribution in [3.63, 3.8) is 0 Å². The Hall–Kier alpha value is -3.23. The van der Waals surface area contributed by atoms with Gasteiger partial charge in [-0.1, -0.05) is 30.3 Å². The minimum atomic E-state index is -0.681. The van der Waals surface area contributed by atoms with Crippen molar-refractivity contribution in [1.29, 1.82) is 0 Å². The van der Waals surface area contributed by atoms with Gasteiger partial charge in [0.15, 0.2) is 6.61 Å². The molecule has 1 saturated carbocycles. The Labute approximate surface area is 161 Å². The van der Waals surface area contributed by atoms with Gasteiger partial charge in [0, 0.05) is 12.0 Å². The van der Waals surface area contributed by atoms with Crippen molar-refractivity contribution in [2.45, 2.75) is 38.6 Å². The van der Waals surface area contributed by atoms with Crippen LogP contribution in [0.25, 0.3) is 0 Å². The van der Waals surface area contributed by atoms with Gasteiger partial charge in [0.25, 0.3) is 5.91 Å². The van der Waals surface area contributed by atoms with Crippen LogP contribution in [0.2, 0.25) is 0 Å². The van der Waals surface area contributed by atoms with Gasteiger partial charge in [0.2, 0.25) is 0 Å². The Balaban J connectivity index is 1.47. The molecule has 1 aromatic heterocycles. The summed E-state index contributed by atoms with van der Waals surface area (Å²) >= 11 is 0. The molecule has 0 bridgehead atoms. The largest absolute Gasteiger partial charge is 0.454 e. The summed E-state index contributed by atoms with van der Waals surface area (Å²) in [5, 5.41) is 17.8.